The van der Waals surface area contributed by atoms with Gasteiger partial charge in [-0.25, -0.2) is 8.42 Å². The normalized spacial score (nSPS) is 15.1. The van der Waals surface area contributed by atoms with Crippen molar-refractivity contribution in [3.05, 3.63) is 53.1 Å². The van der Waals surface area contributed by atoms with Crippen molar-refractivity contribution in [1.29, 1.82) is 0 Å². The maximum absolute atomic E-state index is 13.1. The van der Waals surface area contributed by atoms with Crippen LogP contribution < -0.4 is 10.1 Å². The van der Waals surface area contributed by atoms with Crippen LogP contribution in [0.4, 0.5) is 5.69 Å². The zero-order chi connectivity index (χ0) is 20.9. The Labute approximate surface area is 176 Å². The smallest absolute Gasteiger partial charge is 0.246 e. The summed E-state index contributed by atoms with van der Waals surface area (Å²) < 4.78 is 32.9. The summed E-state index contributed by atoms with van der Waals surface area (Å²) in [5, 5.41) is 3.44. The summed E-state index contributed by atoms with van der Waals surface area (Å²) in [6.45, 7) is 1.01. The second-order valence-corrected chi connectivity index (χ2v) is 9.35. The van der Waals surface area contributed by atoms with Gasteiger partial charge in [0, 0.05) is 30.2 Å². The lowest BCUT2D eigenvalue weighted by atomic mass is 10.1. The van der Waals surface area contributed by atoms with E-state index in [0.717, 1.165) is 24.8 Å². The number of piperidine rings is 1. The number of anilines is 1. The topological polar surface area (TPSA) is 75.7 Å². The monoisotopic (exact) mass is 436 g/mol. The zero-order valence-electron chi connectivity index (χ0n) is 16.4. The molecule has 0 spiro atoms. The van der Waals surface area contributed by atoms with E-state index in [0.29, 0.717) is 30.2 Å². The first kappa shape index (κ1) is 21.6. The van der Waals surface area contributed by atoms with Crippen molar-refractivity contribution < 1.29 is 17.9 Å². The average Bonchev–Trinajstić information content (AvgIpc) is 2.74. The van der Waals surface area contributed by atoms with E-state index in [4.69, 9.17) is 16.3 Å². The van der Waals surface area contributed by atoms with E-state index in [1.807, 2.05) is 12.1 Å². The van der Waals surface area contributed by atoms with Crippen LogP contribution in [0.15, 0.2) is 47.4 Å². The molecule has 29 heavy (non-hydrogen) atoms. The fraction of sp³-hybridized carbons (Fsp3) is 0.381. The van der Waals surface area contributed by atoms with E-state index in [1.54, 1.807) is 24.3 Å². The first-order chi connectivity index (χ1) is 13.9. The molecule has 1 heterocycles. The molecule has 0 aliphatic carbocycles. The molecule has 1 aliphatic rings. The van der Waals surface area contributed by atoms with E-state index in [-0.39, 0.29) is 23.0 Å². The Balaban J connectivity index is 1.72. The van der Waals surface area contributed by atoms with Crippen molar-refractivity contribution in [3.8, 4) is 5.75 Å². The number of benzene rings is 2. The van der Waals surface area contributed by atoms with E-state index in [2.05, 4.69) is 5.32 Å². The Morgan fingerprint density at radius 3 is 2.45 bits per heavy atom. The summed E-state index contributed by atoms with van der Waals surface area (Å²) in [4.78, 5) is 12.4. The Morgan fingerprint density at radius 2 is 1.79 bits per heavy atom. The number of nitrogens with one attached hydrogen (secondary N) is 1. The van der Waals surface area contributed by atoms with Crippen molar-refractivity contribution in [1.82, 2.24) is 4.31 Å². The average molecular weight is 437 g/mol. The maximum atomic E-state index is 13.1. The highest BCUT2D eigenvalue weighted by molar-refractivity contribution is 7.89. The third-order valence-corrected chi connectivity index (χ3v) is 7.11. The van der Waals surface area contributed by atoms with Gasteiger partial charge in [-0.2, -0.15) is 4.31 Å². The van der Waals surface area contributed by atoms with Crippen LogP contribution in [0.5, 0.6) is 5.75 Å². The lowest BCUT2D eigenvalue weighted by Gasteiger charge is -2.26. The SMILES string of the molecule is COc1ccc(NC(=O)CCc2ccc(Cl)cc2)cc1S(=O)(=O)N1CCCCC1. The number of halogens is 1. The third-order valence-electron chi connectivity index (χ3n) is 4.93. The number of rotatable bonds is 7. The second kappa shape index (κ2) is 9.61. The molecule has 0 saturated carbocycles. The summed E-state index contributed by atoms with van der Waals surface area (Å²) in [7, 11) is -2.24. The van der Waals surface area contributed by atoms with Crippen LogP contribution in [0.2, 0.25) is 5.02 Å². The predicted octanol–water partition coefficient (Wildman–Crippen LogP) is 4.09. The molecule has 1 N–H and O–H groups in total. The Morgan fingerprint density at radius 1 is 1.10 bits per heavy atom. The molecular weight excluding hydrogens is 412 g/mol. The van der Waals surface area contributed by atoms with Crippen LogP contribution in [0.25, 0.3) is 0 Å². The van der Waals surface area contributed by atoms with Gasteiger partial charge in [0.15, 0.2) is 0 Å². The van der Waals surface area contributed by atoms with Gasteiger partial charge in [0.2, 0.25) is 15.9 Å². The molecule has 0 bridgehead atoms. The molecule has 0 aromatic heterocycles. The highest BCUT2D eigenvalue weighted by Gasteiger charge is 2.29. The molecule has 0 atom stereocenters. The fourth-order valence-corrected chi connectivity index (χ4v) is 5.16. The number of nitrogens with zero attached hydrogens (tertiary/aromatic N) is 1. The maximum Gasteiger partial charge on any atom is 0.246 e. The molecule has 2 aromatic carbocycles. The number of aryl methyl sites for hydroxylation is 1. The minimum absolute atomic E-state index is 0.0809. The predicted molar refractivity (Wildman–Crippen MR) is 114 cm³/mol. The van der Waals surface area contributed by atoms with Crippen LogP contribution in [0.1, 0.15) is 31.2 Å². The largest absolute Gasteiger partial charge is 0.495 e. The zero-order valence-corrected chi connectivity index (χ0v) is 17.9. The van der Waals surface area contributed by atoms with Crippen LogP contribution >= 0.6 is 11.6 Å². The molecule has 1 aliphatic heterocycles. The lowest BCUT2D eigenvalue weighted by molar-refractivity contribution is -0.116. The minimum atomic E-state index is -3.68. The number of hydrogen-bond acceptors (Lipinski definition) is 4. The van der Waals surface area contributed by atoms with Crippen molar-refractivity contribution in [2.45, 2.75) is 37.0 Å². The lowest BCUT2D eigenvalue weighted by Crippen LogP contribution is -2.35. The van der Waals surface area contributed by atoms with Gasteiger partial charge in [0.25, 0.3) is 0 Å². The molecule has 156 valence electrons. The first-order valence-electron chi connectivity index (χ1n) is 9.62. The summed E-state index contributed by atoms with van der Waals surface area (Å²) in [5.41, 5.74) is 1.44. The summed E-state index contributed by atoms with van der Waals surface area (Å²) >= 11 is 5.87. The molecule has 6 nitrogen and oxygen atoms in total. The Kier molecular flexibility index (Phi) is 7.16. The minimum Gasteiger partial charge on any atom is -0.495 e. The van der Waals surface area contributed by atoms with Crippen LogP contribution in [0, 0.1) is 0 Å². The third kappa shape index (κ3) is 5.50. The number of carbonyl (C=O) groups is 1. The number of methoxy groups -OCH3 is 1. The van der Waals surface area contributed by atoms with Gasteiger partial charge < -0.3 is 10.1 Å². The van der Waals surface area contributed by atoms with E-state index < -0.39 is 10.0 Å². The molecule has 0 unspecified atom stereocenters. The number of carbonyl (C=O) groups excluding carboxylic acids is 1. The van der Waals surface area contributed by atoms with Gasteiger partial charge in [-0.1, -0.05) is 30.2 Å². The highest BCUT2D eigenvalue weighted by Crippen LogP contribution is 2.31. The molecule has 8 heteroatoms. The number of sulfonamides is 1. The highest BCUT2D eigenvalue weighted by atomic mass is 35.5. The number of amides is 1. The number of ether oxygens (including phenoxy) is 1. The van der Waals surface area contributed by atoms with E-state index >= 15 is 0 Å². The van der Waals surface area contributed by atoms with Gasteiger partial charge in [-0.15, -0.1) is 0 Å². The quantitative estimate of drug-likeness (QED) is 0.709. The molecule has 1 saturated heterocycles. The Bertz CT molecular complexity index is 955. The summed E-state index contributed by atoms with van der Waals surface area (Å²) in [6.07, 6.45) is 3.58. The Hall–Kier alpha value is -2.09. The van der Waals surface area contributed by atoms with Gasteiger partial charge in [0.1, 0.15) is 10.6 Å². The van der Waals surface area contributed by atoms with Gasteiger partial charge >= 0.3 is 0 Å². The molecular formula is C21H25ClN2O4S. The van der Waals surface area contributed by atoms with Gasteiger partial charge in [-0.05, 0) is 55.2 Å². The number of hydrogen-bond donors (Lipinski definition) is 1. The molecule has 0 radical (unpaired) electrons. The summed E-state index contributed by atoms with van der Waals surface area (Å²) in [5.74, 6) is 0.0844. The standard InChI is InChI=1S/C21H25ClN2O4S/c1-28-19-11-10-18(15-20(19)29(26,27)24-13-3-2-4-14-24)23-21(25)12-7-16-5-8-17(22)9-6-16/h5-6,8-11,15H,2-4,7,12-14H2,1H3,(H,23,25). The molecule has 1 fully saturated rings. The second-order valence-electron chi connectivity index (χ2n) is 7.01. The fourth-order valence-electron chi connectivity index (χ4n) is 3.33. The van der Waals surface area contributed by atoms with E-state index in [1.165, 1.54) is 17.5 Å². The molecule has 1 amide bonds. The van der Waals surface area contributed by atoms with Crippen molar-refractivity contribution in [2.75, 3.05) is 25.5 Å². The van der Waals surface area contributed by atoms with Crippen LogP contribution in [-0.4, -0.2) is 38.8 Å². The van der Waals surface area contributed by atoms with Crippen LogP contribution in [-0.2, 0) is 21.2 Å². The van der Waals surface area contributed by atoms with Crippen molar-refractivity contribution in [3.63, 3.8) is 0 Å². The molecule has 2 aromatic rings. The van der Waals surface area contributed by atoms with Gasteiger partial charge in [-0.3, -0.25) is 4.79 Å². The van der Waals surface area contributed by atoms with Crippen LogP contribution in [0.3, 0.4) is 0 Å². The van der Waals surface area contributed by atoms with Gasteiger partial charge in [0.05, 0.1) is 7.11 Å². The van der Waals surface area contributed by atoms with Crippen molar-refractivity contribution >= 4 is 33.2 Å². The van der Waals surface area contributed by atoms with E-state index in [9.17, 15) is 13.2 Å². The van der Waals surface area contributed by atoms with Crippen molar-refractivity contribution in [2.24, 2.45) is 0 Å². The molecule has 3 rings (SSSR count). The first-order valence-corrected chi connectivity index (χ1v) is 11.4. The summed E-state index contributed by atoms with van der Waals surface area (Å²) in [6, 6.07) is 12.0.